The topological polar surface area (TPSA) is 80.1 Å². The van der Waals surface area contributed by atoms with Gasteiger partial charge in [0.1, 0.15) is 0 Å². The van der Waals surface area contributed by atoms with Crippen LogP contribution in [0.2, 0.25) is 0 Å². The van der Waals surface area contributed by atoms with Gasteiger partial charge in [0.2, 0.25) is 5.91 Å². The number of rotatable bonds is 7. The van der Waals surface area contributed by atoms with Gasteiger partial charge in [0.25, 0.3) is 5.91 Å². The van der Waals surface area contributed by atoms with Gasteiger partial charge in [0.15, 0.2) is 0 Å². The third-order valence-corrected chi connectivity index (χ3v) is 6.35. The lowest BCUT2D eigenvalue weighted by Crippen LogP contribution is -2.41. The summed E-state index contributed by atoms with van der Waals surface area (Å²) < 4.78 is 1.93. The molecule has 1 aliphatic heterocycles. The SMILES string of the molecule is Cc1nc(-c2ccc(C(=O)N3CCCC(CC(=O)NCCn4ccnc4)C3)cc2)cs1. The molecule has 1 aliphatic rings. The van der Waals surface area contributed by atoms with Crippen LogP contribution in [0.15, 0.2) is 48.4 Å². The molecule has 0 spiro atoms. The summed E-state index contributed by atoms with van der Waals surface area (Å²) in [4.78, 5) is 35.7. The first-order valence-corrected chi connectivity index (χ1v) is 11.5. The smallest absolute Gasteiger partial charge is 0.253 e. The molecule has 3 heterocycles. The highest BCUT2D eigenvalue weighted by Gasteiger charge is 2.26. The van der Waals surface area contributed by atoms with Crippen molar-refractivity contribution in [2.24, 2.45) is 5.92 Å². The Bertz CT molecular complexity index is 1010. The van der Waals surface area contributed by atoms with E-state index in [9.17, 15) is 9.59 Å². The first-order chi connectivity index (χ1) is 15.1. The van der Waals surface area contributed by atoms with Gasteiger partial charge in [0, 0.05) is 61.5 Å². The van der Waals surface area contributed by atoms with Crippen molar-refractivity contribution >= 4 is 23.2 Å². The van der Waals surface area contributed by atoms with E-state index in [2.05, 4.69) is 15.3 Å². The fourth-order valence-electron chi connectivity index (χ4n) is 3.96. The number of carbonyl (C=O) groups excluding carboxylic acids is 2. The Balaban J connectivity index is 1.28. The number of nitrogens with one attached hydrogen (secondary N) is 1. The number of aryl methyl sites for hydroxylation is 1. The number of piperidine rings is 1. The normalized spacial score (nSPS) is 16.3. The van der Waals surface area contributed by atoms with E-state index in [4.69, 9.17) is 0 Å². The minimum absolute atomic E-state index is 0.0335. The number of amides is 2. The van der Waals surface area contributed by atoms with Gasteiger partial charge in [-0.05, 0) is 37.8 Å². The van der Waals surface area contributed by atoms with Crippen LogP contribution in [0.5, 0.6) is 0 Å². The molecule has 0 saturated carbocycles. The van der Waals surface area contributed by atoms with Crippen molar-refractivity contribution < 1.29 is 9.59 Å². The molecule has 2 amide bonds. The van der Waals surface area contributed by atoms with Crippen LogP contribution in [0.3, 0.4) is 0 Å². The summed E-state index contributed by atoms with van der Waals surface area (Å²) in [5.41, 5.74) is 2.64. The molecule has 0 bridgehead atoms. The van der Waals surface area contributed by atoms with Crippen molar-refractivity contribution in [2.45, 2.75) is 32.7 Å². The summed E-state index contributed by atoms with van der Waals surface area (Å²) in [6.07, 6.45) is 7.69. The molecule has 1 fully saturated rings. The van der Waals surface area contributed by atoms with Gasteiger partial charge in [-0.1, -0.05) is 12.1 Å². The summed E-state index contributed by atoms with van der Waals surface area (Å²) in [6.45, 7) is 4.64. The maximum Gasteiger partial charge on any atom is 0.253 e. The van der Waals surface area contributed by atoms with E-state index in [1.54, 1.807) is 23.9 Å². The highest BCUT2D eigenvalue weighted by Crippen LogP contribution is 2.24. The Morgan fingerprint density at radius 3 is 2.81 bits per heavy atom. The molecule has 1 N–H and O–H groups in total. The first kappa shape index (κ1) is 21.2. The van der Waals surface area contributed by atoms with Gasteiger partial charge in [-0.15, -0.1) is 11.3 Å². The summed E-state index contributed by atoms with van der Waals surface area (Å²) >= 11 is 1.62. The van der Waals surface area contributed by atoms with Crippen molar-refractivity contribution in [3.05, 3.63) is 58.9 Å². The number of thiazole rings is 1. The third-order valence-electron chi connectivity index (χ3n) is 5.58. The first-order valence-electron chi connectivity index (χ1n) is 10.6. The zero-order valence-electron chi connectivity index (χ0n) is 17.7. The molecule has 0 radical (unpaired) electrons. The van der Waals surface area contributed by atoms with Crippen LogP contribution in [-0.2, 0) is 11.3 Å². The number of hydrogen-bond acceptors (Lipinski definition) is 5. The number of hydrogen-bond donors (Lipinski definition) is 1. The van der Waals surface area contributed by atoms with Crippen LogP contribution in [0, 0.1) is 12.8 Å². The summed E-state index contributed by atoms with van der Waals surface area (Å²) in [5, 5.41) is 6.03. The third kappa shape index (κ3) is 5.58. The minimum Gasteiger partial charge on any atom is -0.354 e. The van der Waals surface area contributed by atoms with Crippen molar-refractivity contribution in [3.8, 4) is 11.3 Å². The van der Waals surface area contributed by atoms with E-state index < -0.39 is 0 Å². The van der Waals surface area contributed by atoms with E-state index in [0.29, 0.717) is 31.6 Å². The molecule has 31 heavy (non-hydrogen) atoms. The average Bonchev–Trinajstić information content (AvgIpc) is 3.45. The van der Waals surface area contributed by atoms with Crippen LogP contribution in [-0.4, -0.2) is 50.9 Å². The molecule has 7 nitrogen and oxygen atoms in total. The average molecular weight is 438 g/mol. The number of benzene rings is 1. The number of aromatic nitrogens is 3. The molecule has 3 aromatic rings. The van der Waals surface area contributed by atoms with E-state index in [0.717, 1.165) is 35.7 Å². The van der Waals surface area contributed by atoms with Crippen LogP contribution in [0.4, 0.5) is 0 Å². The van der Waals surface area contributed by atoms with Crippen LogP contribution >= 0.6 is 11.3 Å². The second-order valence-corrected chi connectivity index (χ2v) is 9.01. The maximum absolute atomic E-state index is 13.0. The number of carbonyl (C=O) groups is 2. The fraction of sp³-hybridized carbons (Fsp3) is 0.391. The molecule has 8 heteroatoms. The molecule has 162 valence electrons. The van der Waals surface area contributed by atoms with Crippen molar-refractivity contribution in [3.63, 3.8) is 0 Å². The zero-order valence-corrected chi connectivity index (χ0v) is 18.5. The summed E-state index contributed by atoms with van der Waals surface area (Å²) in [7, 11) is 0. The summed E-state index contributed by atoms with van der Waals surface area (Å²) in [6, 6.07) is 7.66. The standard InChI is InChI=1S/C23H27N5O2S/c1-17-26-21(15-31-17)19-4-6-20(7-5-19)23(30)28-10-2-3-18(14-28)13-22(29)25-9-12-27-11-8-24-16-27/h4-8,11,15-16,18H,2-3,9-10,12-14H2,1H3,(H,25,29). The maximum atomic E-state index is 13.0. The summed E-state index contributed by atoms with van der Waals surface area (Å²) in [5.74, 6) is 0.275. The Morgan fingerprint density at radius 1 is 1.26 bits per heavy atom. The molecule has 4 rings (SSSR count). The Morgan fingerprint density at radius 2 is 2.10 bits per heavy atom. The molecule has 1 saturated heterocycles. The fourth-order valence-corrected chi connectivity index (χ4v) is 4.58. The minimum atomic E-state index is 0.0335. The van der Waals surface area contributed by atoms with Crippen LogP contribution in [0.25, 0.3) is 11.3 Å². The highest BCUT2D eigenvalue weighted by atomic mass is 32.1. The number of imidazole rings is 1. The second-order valence-electron chi connectivity index (χ2n) is 7.94. The molecule has 2 aromatic heterocycles. The van der Waals surface area contributed by atoms with Gasteiger partial charge in [-0.25, -0.2) is 9.97 Å². The van der Waals surface area contributed by atoms with Gasteiger partial charge in [0.05, 0.1) is 17.0 Å². The van der Waals surface area contributed by atoms with Crippen molar-refractivity contribution in [1.29, 1.82) is 0 Å². The molecular weight excluding hydrogens is 410 g/mol. The van der Waals surface area contributed by atoms with Crippen LogP contribution in [0.1, 0.15) is 34.6 Å². The van der Waals surface area contributed by atoms with Gasteiger partial charge in [-0.3, -0.25) is 9.59 Å². The van der Waals surface area contributed by atoms with E-state index in [-0.39, 0.29) is 17.7 Å². The molecule has 1 aromatic carbocycles. The Hall–Kier alpha value is -3.00. The lowest BCUT2D eigenvalue weighted by atomic mass is 9.94. The Kier molecular flexibility index (Phi) is 6.76. The molecule has 1 unspecified atom stereocenters. The van der Waals surface area contributed by atoms with Gasteiger partial charge in [-0.2, -0.15) is 0 Å². The van der Waals surface area contributed by atoms with E-state index >= 15 is 0 Å². The number of nitrogens with zero attached hydrogens (tertiary/aromatic N) is 4. The highest BCUT2D eigenvalue weighted by molar-refractivity contribution is 7.09. The van der Waals surface area contributed by atoms with E-state index in [1.165, 1.54) is 0 Å². The van der Waals surface area contributed by atoms with Gasteiger partial charge >= 0.3 is 0 Å². The lowest BCUT2D eigenvalue weighted by Gasteiger charge is -2.32. The lowest BCUT2D eigenvalue weighted by molar-refractivity contribution is -0.122. The Labute approximate surface area is 186 Å². The van der Waals surface area contributed by atoms with Crippen LogP contribution < -0.4 is 5.32 Å². The molecular formula is C23H27N5O2S. The molecule has 1 atom stereocenters. The number of likely N-dealkylation sites (tertiary alicyclic amines) is 1. The predicted octanol–water partition coefficient (Wildman–Crippen LogP) is 3.37. The van der Waals surface area contributed by atoms with Gasteiger partial charge < -0.3 is 14.8 Å². The van der Waals surface area contributed by atoms with Crippen molar-refractivity contribution in [1.82, 2.24) is 24.8 Å². The van der Waals surface area contributed by atoms with Crippen molar-refractivity contribution in [2.75, 3.05) is 19.6 Å². The largest absolute Gasteiger partial charge is 0.354 e. The predicted molar refractivity (Wildman–Crippen MR) is 121 cm³/mol. The molecule has 0 aliphatic carbocycles. The monoisotopic (exact) mass is 437 g/mol. The second kappa shape index (κ2) is 9.87. The van der Waals surface area contributed by atoms with E-state index in [1.807, 2.05) is 52.2 Å². The quantitative estimate of drug-likeness (QED) is 0.615. The zero-order chi connectivity index (χ0) is 21.6.